The van der Waals surface area contributed by atoms with Gasteiger partial charge in [-0.15, -0.1) is 0 Å². The summed E-state index contributed by atoms with van der Waals surface area (Å²) >= 11 is 0. The number of ether oxygens (including phenoxy) is 3. The smallest absolute Gasteiger partial charge is 0.213 e. The molecule has 0 atom stereocenters. The van der Waals surface area contributed by atoms with Gasteiger partial charge in [0.05, 0.1) is 26.4 Å². The van der Waals surface area contributed by atoms with Crippen LogP contribution in [-0.2, 0) is 9.47 Å². The van der Waals surface area contributed by atoms with Crippen molar-refractivity contribution in [1.82, 2.24) is 4.98 Å². The first-order valence-electron chi connectivity index (χ1n) is 8.95. The van der Waals surface area contributed by atoms with Crippen molar-refractivity contribution < 1.29 is 18.6 Å². The third-order valence-electron chi connectivity index (χ3n) is 3.71. The van der Waals surface area contributed by atoms with E-state index >= 15 is 0 Å². The predicted molar refractivity (Wildman–Crippen MR) is 107 cm³/mol. The van der Waals surface area contributed by atoms with Gasteiger partial charge in [0.1, 0.15) is 13.3 Å². The molecule has 0 aliphatic heterocycles. The molecule has 1 aromatic carbocycles. The van der Waals surface area contributed by atoms with Gasteiger partial charge in [-0.05, 0) is 29.3 Å². The highest BCUT2D eigenvalue weighted by Gasteiger charge is 1.97. The Morgan fingerprint density at radius 3 is 2.11 bits per heavy atom. The molecule has 0 fully saturated rings. The molecule has 0 N–H and O–H groups in total. The monoisotopic (exact) mass is 373 g/mol. The number of anilines is 1. The number of pyridine rings is 1. The average Bonchev–Trinajstić information content (AvgIpc) is 2.69. The van der Waals surface area contributed by atoms with Crippen molar-refractivity contribution in [1.29, 1.82) is 0 Å². The minimum absolute atomic E-state index is 0.117. The maximum Gasteiger partial charge on any atom is 0.213 e. The Labute approximate surface area is 160 Å². The molecule has 27 heavy (non-hydrogen) atoms. The summed E-state index contributed by atoms with van der Waals surface area (Å²) in [4.78, 5) is 6.36. The van der Waals surface area contributed by atoms with Gasteiger partial charge in [0.15, 0.2) is 0 Å². The van der Waals surface area contributed by atoms with Gasteiger partial charge in [-0.25, -0.2) is 9.37 Å². The average molecular weight is 373 g/mol. The Balaban J connectivity index is 1.70. The lowest BCUT2D eigenvalue weighted by atomic mass is 10.1. The fraction of sp³-hybridized carbons (Fsp3) is 0.381. The third-order valence-corrected chi connectivity index (χ3v) is 3.71. The zero-order valence-corrected chi connectivity index (χ0v) is 15.9. The molecule has 0 spiro atoms. The number of benzene rings is 1. The van der Waals surface area contributed by atoms with Crippen molar-refractivity contribution in [3.63, 3.8) is 0 Å². The summed E-state index contributed by atoms with van der Waals surface area (Å²) in [6.07, 6.45) is 5.84. The molecule has 0 bridgehead atoms. The van der Waals surface area contributed by atoms with Crippen molar-refractivity contribution in [2.75, 3.05) is 58.7 Å². The van der Waals surface area contributed by atoms with Gasteiger partial charge in [-0.3, -0.25) is 0 Å². The molecule has 2 rings (SSSR count). The van der Waals surface area contributed by atoms with Gasteiger partial charge in [-0.1, -0.05) is 24.3 Å². The number of rotatable bonds is 12. The van der Waals surface area contributed by atoms with Gasteiger partial charge >= 0.3 is 0 Å². The lowest BCUT2D eigenvalue weighted by Crippen LogP contribution is -2.11. The maximum atomic E-state index is 11.8. The van der Waals surface area contributed by atoms with E-state index in [1.54, 1.807) is 6.20 Å². The summed E-state index contributed by atoms with van der Waals surface area (Å²) in [5.74, 6) is 0.555. The minimum atomic E-state index is -0.470. The molecular weight excluding hydrogens is 346 g/mol. The molecule has 0 saturated carbocycles. The molecule has 0 aliphatic carbocycles. The summed E-state index contributed by atoms with van der Waals surface area (Å²) in [5, 5.41) is 0. The van der Waals surface area contributed by atoms with Crippen molar-refractivity contribution in [3.8, 4) is 5.88 Å². The van der Waals surface area contributed by atoms with Crippen molar-refractivity contribution in [2.45, 2.75) is 0 Å². The quantitative estimate of drug-likeness (QED) is 0.531. The van der Waals surface area contributed by atoms with Crippen LogP contribution < -0.4 is 9.64 Å². The first-order valence-corrected chi connectivity index (χ1v) is 8.95. The second-order valence-electron chi connectivity index (χ2n) is 6.01. The number of nitrogens with zero attached hydrogens (tertiary/aromatic N) is 2. The SMILES string of the molecule is CN(C)c1ccc(/C=C/c2ccc(OCCOCCOCC[18F])nc2)cc1. The molecule has 6 heteroatoms. The third kappa shape index (κ3) is 8.19. The molecule has 0 aliphatic rings. The van der Waals surface area contributed by atoms with Crippen LogP contribution in [0.25, 0.3) is 12.2 Å². The van der Waals surface area contributed by atoms with Gasteiger partial charge in [0.25, 0.3) is 0 Å². The highest BCUT2D eigenvalue weighted by molar-refractivity contribution is 5.70. The Bertz CT molecular complexity index is 673. The van der Waals surface area contributed by atoms with Crippen LogP contribution in [0.2, 0.25) is 0 Å². The molecule has 1 aromatic heterocycles. The highest BCUT2D eigenvalue weighted by atomic mass is 18.2. The van der Waals surface area contributed by atoms with Crippen LogP contribution in [0, 0.1) is 0 Å². The Hall–Kier alpha value is -2.44. The van der Waals surface area contributed by atoms with E-state index in [0.29, 0.717) is 32.3 Å². The van der Waals surface area contributed by atoms with Crippen LogP contribution in [0.15, 0.2) is 42.6 Å². The molecule has 0 radical (unpaired) electrons. The van der Waals surface area contributed by atoms with Crippen molar-refractivity contribution >= 4 is 17.8 Å². The summed E-state index contributed by atoms with van der Waals surface area (Å²) in [6.45, 7) is 1.31. The van der Waals surface area contributed by atoms with E-state index in [2.05, 4.69) is 40.2 Å². The van der Waals surface area contributed by atoms with Crippen LogP contribution in [0.3, 0.4) is 0 Å². The molecule has 0 unspecified atom stereocenters. The Morgan fingerprint density at radius 1 is 0.852 bits per heavy atom. The predicted octanol–water partition coefficient (Wildman–Crippen LogP) is 3.70. The van der Waals surface area contributed by atoms with Gasteiger partial charge < -0.3 is 19.1 Å². The summed E-state index contributed by atoms with van der Waals surface area (Å²) < 4.78 is 27.6. The second-order valence-corrected chi connectivity index (χ2v) is 6.01. The topological polar surface area (TPSA) is 43.8 Å². The fourth-order valence-corrected chi connectivity index (χ4v) is 2.23. The maximum absolute atomic E-state index is 11.8. The Morgan fingerprint density at radius 2 is 1.48 bits per heavy atom. The largest absolute Gasteiger partial charge is 0.475 e. The second kappa shape index (κ2) is 12.0. The molecule has 0 saturated heterocycles. The molecule has 2 aromatic rings. The number of aromatic nitrogens is 1. The normalized spacial score (nSPS) is 11.1. The van der Waals surface area contributed by atoms with Gasteiger partial charge in [0.2, 0.25) is 5.88 Å². The molecule has 1 heterocycles. The lowest BCUT2D eigenvalue weighted by Gasteiger charge is -2.11. The van der Waals surface area contributed by atoms with Crippen LogP contribution >= 0.6 is 0 Å². The minimum Gasteiger partial charge on any atom is -0.475 e. The van der Waals surface area contributed by atoms with Gasteiger partial charge in [-0.2, -0.15) is 0 Å². The van der Waals surface area contributed by atoms with E-state index in [9.17, 15) is 4.39 Å². The van der Waals surface area contributed by atoms with Crippen molar-refractivity contribution in [2.24, 2.45) is 0 Å². The van der Waals surface area contributed by atoms with Crippen LogP contribution in [0.1, 0.15) is 11.1 Å². The van der Waals surface area contributed by atoms with E-state index in [-0.39, 0.29) is 6.61 Å². The van der Waals surface area contributed by atoms with E-state index in [0.717, 1.165) is 11.1 Å². The zero-order valence-electron chi connectivity index (χ0n) is 15.9. The molecular formula is C21H27FN2O3. The highest BCUT2D eigenvalue weighted by Crippen LogP contribution is 2.15. The zero-order chi connectivity index (χ0) is 19.3. The fourth-order valence-electron chi connectivity index (χ4n) is 2.23. The molecule has 5 nitrogen and oxygen atoms in total. The first kappa shape index (κ1) is 20.9. The summed E-state index contributed by atoms with van der Waals surface area (Å²) in [5.41, 5.74) is 3.31. The van der Waals surface area contributed by atoms with Crippen LogP contribution in [0.5, 0.6) is 5.88 Å². The molecule has 146 valence electrons. The standard InChI is InChI=1S/C21H27FN2O3/c1-24(2)20-8-5-18(6-9-20)3-4-19-7-10-21(23-17-19)27-16-15-26-14-13-25-12-11-22/h3-10,17H,11-16H2,1-2H3/b4-3+/i22-1. The number of hydrogen-bond donors (Lipinski definition) is 0. The Kier molecular flexibility index (Phi) is 9.30. The van der Waals surface area contributed by atoms with E-state index in [1.165, 1.54) is 5.69 Å². The van der Waals surface area contributed by atoms with Crippen LogP contribution in [-0.4, -0.2) is 58.8 Å². The van der Waals surface area contributed by atoms with Crippen molar-refractivity contribution in [3.05, 3.63) is 53.7 Å². The van der Waals surface area contributed by atoms with E-state index in [4.69, 9.17) is 14.2 Å². The van der Waals surface area contributed by atoms with Crippen LogP contribution in [0.4, 0.5) is 10.1 Å². The first-order chi connectivity index (χ1) is 13.2. The molecule has 0 amide bonds. The summed E-state index contributed by atoms with van der Waals surface area (Å²) in [6, 6.07) is 12.1. The number of hydrogen-bond acceptors (Lipinski definition) is 5. The van der Waals surface area contributed by atoms with E-state index < -0.39 is 6.67 Å². The number of halogens is 1. The number of alkyl halides is 1. The van der Waals surface area contributed by atoms with Gasteiger partial charge in [0, 0.05) is 32.0 Å². The van der Waals surface area contributed by atoms with E-state index in [1.807, 2.05) is 32.3 Å². The lowest BCUT2D eigenvalue weighted by molar-refractivity contribution is 0.0320. The summed E-state index contributed by atoms with van der Waals surface area (Å²) in [7, 11) is 4.05.